The lowest BCUT2D eigenvalue weighted by atomic mass is 10.1. The molecule has 4 aromatic rings. The Balaban J connectivity index is 1.84. The molecule has 0 radical (unpaired) electrons. The van der Waals surface area contributed by atoms with Crippen LogP contribution in [0.3, 0.4) is 0 Å². The number of benzene rings is 3. The predicted octanol–water partition coefficient (Wildman–Crippen LogP) is 3.72. The van der Waals surface area contributed by atoms with E-state index in [-0.39, 0.29) is 25.0 Å². The fourth-order valence-electron chi connectivity index (χ4n) is 4.32. The van der Waals surface area contributed by atoms with E-state index in [0.29, 0.717) is 28.0 Å². The second-order valence-electron chi connectivity index (χ2n) is 9.30. The molecular formula is C29H31N3O5. The smallest absolute Gasteiger partial charge is 0.332 e. The van der Waals surface area contributed by atoms with E-state index in [0.717, 1.165) is 16.7 Å². The maximum atomic E-state index is 13.7. The van der Waals surface area contributed by atoms with Gasteiger partial charge in [-0.2, -0.15) is 0 Å². The Morgan fingerprint density at radius 3 is 2.14 bits per heavy atom. The van der Waals surface area contributed by atoms with Crippen LogP contribution in [0, 0.1) is 6.92 Å². The molecule has 0 aliphatic heterocycles. The van der Waals surface area contributed by atoms with Gasteiger partial charge in [0.1, 0.15) is 0 Å². The molecule has 0 unspecified atom stereocenters. The van der Waals surface area contributed by atoms with Crippen LogP contribution in [0.15, 0.2) is 70.3 Å². The molecule has 0 spiro atoms. The van der Waals surface area contributed by atoms with Crippen LogP contribution in [0.2, 0.25) is 0 Å². The number of amides is 1. The number of aromatic nitrogens is 2. The average Bonchev–Trinajstić information content (AvgIpc) is 2.88. The molecule has 8 heteroatoms. The Bertz CT molecular complexity index is 1570. The van der Waals surface area contributed by atoms with E-state index in [1.54, 1.807) is 41.0 Å². The van der Waals surface area contributed by atoms with E-state index in [2.05, 4.69) is 5.32 Å². The Morgan fingerprint density at radius 2 is 1.51 bits per heavy atom. The fourth-order valence-corrected chi connectivity index (χ4v) is 4.32. The number of hydrogen-bond acceptors (Lipinski definition) is 5. The monoisotopic (exact) mass is 501 g/mol. The Kier molecular flexibility index (Phi) is 7.47. The molecule has 0 fully saturated rings. The van der Waals surface area contributed by atoms with Crippen molar-refractivity contribution in [2.45, 2.75) is 39.9 Å². The maximum Gasteiger partial charge on any atom is 0.332 e. The van der Waals surface area contributed by atoms with Gasteiger partial charge in [-0.1, -0.05) is 42.0 Å². The zero-order chi connectivity index (χ0) is 26.7. The largest absolute Gasteiger partial charge is 0.493 e. The van der Waals surface area contributed by atoms with Crippen LogP contribution >= 0.6 is 0 Å². The Hall–Kier alpha value is -4.33. The van der Waals surface area contributed by atoms with E-state index >= 15 is 0 Å². The van der Waals surface area contributed by atoms with Crippen molar-refractivity contribution in [3.05, 3.63) is 104 Å². The van der Waals surface area contributed by atoms with Crippen LogP contribution in [0.25, 0.3) is 10.9 Å². The first-order valence-corrected chi connectivity index (χ1v) is 12.1. The van der Waals surface area contributed by atoms with E-state index in [1.165, 1.54) is 18.8 Å². The number of aryl methyl sites for hydroxylation is 1. The quantitative estimate of drug-likeness (QED) is 0.397. The predicted molar refractivity (Wildman–Crippen MR) is 144 cm³/mol. The first kappa shape index (κ1) is 25.8. The van der Waals surface area contributed by atoms with Crippen molar-refractivity contribution in [2.24, 2.45) is 0 Å². The summed E-state index contributed by atoms with van der Waals surface area (Å²) in [5.41, 5.74) is 2.84. The second kappa shape index (κ2) is 10.7. The van der Waals surface area contributed by atoms with Crippen LogP contribution in [-0.2, 0) is 13.1 Å². The molecule has 1 amide bonds. The lowest BCUT2D eigenvalue weighted by Crippen LogP contribution is -2.40. The highest BCUT2D eigenvalue weighted by atomic mass is 16.5. The van der Waals surface area contributed by atoms with Crippen LogP contribution in [-0.4, -0.2) is 35.3 Å². The van der Waals surface area contributed by atoms with Crippen molar-refractivity contribution in [3.8, 4) is 11.5 Å². The molecule has 0 atom stereocenters. The van der Waals surface area contributed by atoms with Crippen LogP contribution in [0.4, 0.5) is 0 Å². The first-order chi connectivity index (χ1) is 17.7. The number of ether oxygens (including phenoxy) is 2. The normalized spacial score (nSPS) is 11.1. The number of nitrogens with zero attached hydrogens (tertiary/aromatic N) is 2. The summed E-state index contributed by atoms with van der Waals surface area (Å²) >= 11 is 0. The summed E-state index contributed by atoms with van der Waals surface area (Å²) in [7, 11) is 3.01. The van der Waals surface area contributed by atoms with Gasteiger partial charge in [0.15, 0.2) is 11.5 Å². The highest BCUT2D eigenvalue weighted by molar-refractivity contribution is 5.94. The summed E-state index contributed by atoms with van der Waals surface area (Å²) in [5, 5.41) is 3.20. The molecule has 1 heterocycles. The lowest BCUT2D eigenvalue weighted by Gasteiger charge is -2.17. The molecule has 0 aliphatic carbocycles. The fraction of sp³-hybridized carbons (Fsp3) is 0.276. The van der Waals surface area contributed by atoms with Crippen LogP contribution < -0.4 is 26.0 Å². The van der Waals surface area contributed by atoms with Gasteiger partial charge in [-0.15, -0.1) is 0 Å². The minimum Gasteiger partial charge on any atom is -0.493 e. The maximum absolute atomic E-state index is 13.7. The lowest BCUT2D eigenvalue weighted by molar-refractivity contribution is 0.0943. The van der Waals surface area contributed by atoms with Gasteiger partial charge in [-0.25, -0.2) is 4.79 Å². The number of rotatable bonds is 8. The molecule has 0 bridgehead atoms. The molecule has 192 valence electrons. The van der Waals surface area contributed by atoms with E-state index in [4.69, 9.17) is 9.47 Å². The van der Waals surface area contributed by atoms with Crippen molar-refractivity contribution in [1.29, 1.82) is 0 Å². The van der Waals surface area contributed by atoms with Crippen LogP contribution in [0.1, 0.15) is 40.9 Å². The number of hydrogen-bond donors (Lipinski definition) is 1. The zero-order valence-corrected chi connectivity index (χ0v) is 21.7. The SMILES string of the molecule is COc1cc2c(=O)n(Cc3ccc(C(=O)NC(C)C)cc3)c(=O)n(Cc3cccc(C)c3)c2cc1OC. The molecule has 37 heavy (non-hydrogen) atoms. The molecule has 0 aliphatic rings. The van der Waals surface area contributed by atoms with E-state index in [1.807, 2.05) is 45.0 Å². The summed E-state index contributed by atoms with van der Waals surface area (Å²) in [6, 6.07) is 18.1. The first-order valence-electron chi connectivity index (χ1n) is 12.1. The van der Waals surface area contributed by atoms with Crippen molar-refractivity contribution in [3.63, 3.8) is 0 Å². The third-order valence-electron chi connectivity index (χ3n) is 6.13. The van der Waals surface area contributed by atoms with Gasteiger partial charge in [0.2, 0.25) is 0 Å². The highest BCUT2D eigenvalue weighted by Crippen LogP contribution is 2.30. The Morgan fingerprint density at radius 1 is 0.865 bits per heavy atom. The second-order valence-corrected chi connectivity index (χ2v) is 9.30. The van der Waals surface area contributed by atoms with Crippen molar-refractivity contribution >= 4 is 16.8 Å². The topological polar surface area (TPSA) is 91.6 Å². The minimum absolute atomic E-state index is 0.0193. The molecule has 1 aromatic heterocycles. The number of carbonyl (C=O) groups is 1. The molecule has 1 N–H and O–H groups in total. The van der Waals surface area contributed by atoms with Gasteiger partial charge in [0.05, 0.1) is 38.2 Å². The number of nitrogens with one attached hydrogen (secondary N) is 1. The van der Waals surface area contributed by atoms with Gasteiger partial charge >= 0.3 is 5.69 Å². The van der Waals surface area contributed by atoms with Crippen molar-refractivity contribution in [2.75, 3.05) is 14.2 Å². The third-order valence-corrected chi connectivity index (χ3v) is 6.13. The number of carbonyl (C=O) groups excluding carboxylic acids is 1. The molecule has 3 aromatic carbocycles. The molecule has 0 saturated carbocycles. The number of fused-ring (bicyclic) bond motifs is 1. The van der Waals surface area contributed by atoms with E-state index in [9.17, 15) is 14.4 Å². The van der Waals surface area contributed by atoms with Gasteiger partial charge in [-0.3, -0.25) is 18.7 Å². The van der Waals surface area contributed by atoms with Crippen LogP contribution in [0.5, 0.6) is 11.5 Å². The van der Waals surface area contributed by atoms with Gasteiger partial charge < -0.3 is 14.8 Å². The molecule has 8 nitrogen and oxygen atoms in total. The standard InChI is InChI=1S/C29H31N3O5/c1-18(2)30-27(33)22-11-9-20(10-12-22)16-32-28(34)23-14-25(36-4)26(37-5)15-24(23)31(29(32)35)17-21-8-6-7-19(3)13-21/h6-15,18H,16-17H2,1-5H3,(H,30,33). The van der Waals surface area contributed by atoms with E-state index < -0.39 is 11.2 Å². The van der Waals surface area contributed by atoms with Gasteiger partial charge in [0, 0.05) is 17.7 Å². The van der Waals surface area contributed by atoms with Crippen molar-refractivity contribution < 1.29 is 14.3 Å². The van der Waals surface area contributed by atoms with Gasteiger partial charge in [-0.05, 0) is 50.1 Å². The summed E-state index contributed by atoms with van der Waals surface area (Å²) in [4.78, 5) is 39.6. The average molecular weight is 502 g/mol. The molecular weight excluding hydrogens is 470 g/mol. The summed E-state index contributed by atoms with van der Waals surface area (Å²) < 4.78 is 13.7. The Labute approximate surface area is 215 Å². The zero-order valence-electron chi connectivity index (χ0n) is 21.7. The summed E-state index contributed by atoms with van der Waals surface area (Å²) in [5.74, 6) is 0.658. The minimum atomic E-state index is -0.437. The number of methoxy groups -OCH3 is 2. The third kappa shape index (κ3) is 5.43. The highest BCUT2D eigenvalue weighted by Gasteiger charge is 2.18. The van der Waals surface area contributed by atoms with Gasteiger partial charge in [0.25, 0.3) is 11.5 Å². The summed E-state index contributed by atoms with van der Waals surface area (Å²) in [6.07, 6.45) is 0. The molecule has 0 saturated heterocycles. The molecule has 4 rings (SSSR count). The summed E-state index contributed by atoms with van der Waals surface area (Å²) in [6.45, 7) is 6.11. The van der Waals surface area contributed by atoms with Crippen molar-refractivity contribution in [1.82, 2.24) is 14.5 Å².